The van der Waals surface area contributed by atoms with E-state index >= 15 is 0 Å². The van der Waals surface area contributed by atoms with Gasteiger partial charge in [0.1, 0.15) is 18.4 Å². The van der Waals surface area contributed by atoms with Gasteiger partial charge in [0.25, 0.3) is 0 Å². The standard InChI is InChI=1S/C22H28N4O5S/c1-15-14-31-20-9-4-3-7-18(20)16-11-17(13-24-12-16)32(29,30)10-6-5-8-19(21(27)25-15)26-22(28)23-2/h3-4,7,9,11-13,15,19H,5-6,8,10,14H2,1-2H3,(H,25,27)(H2,23,26,28)/t15-,19+/m1/s1. The predicted octanol–water partition coefficient (Wildman–Crippen LogP) is 1.89. The average Bonchev–Trinajstić information content (AvgIpc) is 2.79. The summed E-state index contributed by atoms with van der Waals surface area (Å²) in [7, 11) is -2.10. The number of urea groups is 1. The molecule has 1 aromatic carbocycles. The molecule has 0 unspecified atom stereocenters. The molecule has 10 heteroatoms. The van der Waals surface area contributed by atoms with Crippen molar-refractivity contribution in [2.24, 2.45) is 0 Å². The molecule has 9 nitrogen and oxygen atoms in total. The van der Waals surface area contributed by atoms with Gasteiger partial charge in [-0.15, -0.1) is 0 Å². The molecular formula is C22H28N4O5S. The molecule has 1 aliphatic heterocycles. The molecule has 3 N–H and O–H groups in total. The molecule has 2 bridgehead atoms. The Morgan fingerprint density at radius 2 is 2.00 bits per heavy atom. The fraction of sp³-hybridized carbons (Fsp3) is 0.409. The third-order valence-corrected chi connectivity index (χ3v) is 6.92. The molecule has 0 radical (unpaired) electrons. The van der Waals surface area contributed by atoms with E-state index in [4.69, 9.17) is 4.74 Å². The van der Waals surface area contributed by atoms with Gasteiger partial charge in [-0.25, -0.2) is 13.2 Å². The van der Waals surface area contributed by atoms with Crippen LogP contribution in [0.15, 0.2) is 47.6 Å². The largest absolute Gasteiger partial charge is 0.491 e. The van der Waals surface area contributed by atoms with E-state index in [0.29, 0.717) is 36.1 Å². The van der Waals surface area contributed by atoms with Gasteiger partial charge in [-0.2, -0.15) is 0 Å². The van der Waals surface area contributed by atoms with Crippen LogP contribution in [0.4, 0.5) is 4.79 Å². The molecule has 0 aliphatic carbocycles. The molecular weight excluding hydrogens is 432 g/mol. The molecule has 0 spiro atoms. The van der Waals surface area contributed by atoms with Crippen LogP contribution < -0.4 is 20.7 Å². The Balaban J connectivity index is 1.93. The van der Waals surface area contributed by atoms with Crippen molar-refractivity contribution in [3.8, 4) is 16.9 Å². The number of fused-ring (bicyclic) bond motifs is 4. The van der Waals surface area contributed by atoms with Gasteiger partial charge >= 0.3 is 6.03 Å². The summed E-state index contributed by atoms with van der Waals surface area (Å²) in [6.07, 6.45) is 4.05. The Bertz CT molecular complexity index is 1070. The molecule has 32 heavy (non-hydrogen) atoms. The number of sulfone groups is 1. The van der Waals surface area contributed by atoms with Crippen molar-refractivity contribution in [1.29, 1.82) is 0 Å². The van der Waals surface area contributed by atoms with E-state index in [0.717, 1.165) is 0 Å². The van der Waals surface area contributed by atoms with Crippen molar-refractivity contribution < 1.29 is 22.7 Å². The predicted molar refractivity (Wildman–Crippen MR) is 120 cm³/mol. The number of benzene rings is 1. The highest BCUT2D eigenvalue weighted by Gasteiger charge is 2.23. The second-order valence-corrected chi connectivity index (χ2v) is 9.83. The molecule has 3 amide bonds. The number of ether oxygens (including phenoxy) is 1. The van der Waals surface area contributed by atoms with Gasteiger partial charge in [-0.3, -0.25) is 9.78 Å². The van der Waals surface area contributed by atoms with Crippen molar-refractivity contribution in [2.45, 2.75) is 43.2 Å². The van der Waals surface area contributed by atoms with Gasteiger partial charge in [0, 0.05) is 30.6 Å². The van der Waals surface area contributed by atoms with E-state index in [1.54, 1.807) is 18.3 Å². The molecule has 2 atom stereocenters. The second kappa shape index (κ2) is 10.4. The maximum Gasteiger partial charge on any atom is 0.315 e. The van der Waals surface area contributed by atoms with Crippen molar-refractivity contribution >= 4 is 21.8 Å². The van der Waals surface area contributed by atoms with Crippen LogP contribution in [0.2, 0.25) is 0 Å². The first-order valence-electron chi connectivity index (χ1n) is 10.5. The van der Waals surface area contributed by atoms with Crippen LogP contribution in [0.1, 0.15) is 26.2 Å². The lowest BCUT2D eigenvalue weighted by Gasteiger charge is -2.22. The number of amides is 3. The number of carbonyl (C=O) groups is 2. The number of hydrogen-bond acceptors (Lipinski definition) is 6. The number of nitrogens with zero attached hydrogens (tertiary/aromatic N) is 1. The molecule has 2 aromatic rings. The molecule has 2 heterocycles. The molecule has 0 fully saturated rings. The normalized spacial score (nSPS) is 21.4. The minimum Gasteiger partial charge on any atom is -0.491 e. The third kappa shape index (κ3) is 5.97. The molecule has 0 saturated carbocycles. The van der Waals surface area contributed by atoms with E-state index in [1.807, 2.05) is 25.1 Å². The van der Waals surface area contributed by atoms with E-state index in [1.165, 1.54) is 13.2 Å². The maximum absolute atomic E-state index is 12.9. The first kappa shape index (κ1) is 23.5. The van der Waals surface area contributed by atoms with E-state index in [9.17, 15) is 18.0 Å². The number of carbonyl (C=O) groups excluding carboxylic acids is 2. The van der Waals surface area contributed by atoms with Crippen molar-refractivity contribution in [3.05, 3.63) is 42.7 Å². The third-order valence-electron chi connectivity index (χ3n) is 5.15. The Labute approximate surface area is 187 Å². The van der Waals surface area contributed by atoms with Gasteiger partial charge in [0.2, 0.25) is 5.91 Å². The molecule has 1 aromatic heterocycles. The monoisotopic (exact) mass is 460 g/mol. The highest BCUT2D eigenvalue weighted by Crippen LogP contribution is 2.31. The summed E-state index contributed by atoms with van der Waals surface area (Å²) in [5, 5.41) is 7.91. The van der Waals surface area contributed by atoms with Crippen LogP contribution >= 0.6 is 0 Å². The number of rotatable bonds is 1. The highest BCUT2D eigenvalue weighted by molar-refractivity contribution is 7.91. The SMILES string of the molecule is CNC(=O)N[C@H]1CCCCS(=O)(=O)c2cncc(c2)-c2ccccc2OC[C@@H](C)NC1=O. The lowest BCUT2D eigenvalue weighted by molar-refractivity contribution is -0.123. The van der Waals surface area contributed by atoms with Gasteiger partial charge in [-0.05, 0) is 38.3 Å². The number of nitrogens with one attached hydrogen (secondary N) is 3. The zero-order valence-corrected chi connectivity index (χ0v) is 18.9. The van der Waals surface area contributed by atoms with Crippen LogP contribution in [0.3, 0.4) is 0 Å². The first-order chi connectivity index (χ1) is 15.3. The van der Waals surface area contributed by atoms with E-state index < -0.39 is 21.9 Å². The number of pyridine rings is 1. The molecule has 0 saturated heterocycles. The Morgan fingerprint density at radius 1 is 1.22 bits per heavy atom. The lowest BCUT2D eigenvalue weighted by atomic mass is 10.1. The van der Waals surface area contributed by atoms with E-state index in [2.05, 4.69) is 20.9 Å². The minimum absolute atomic E-state index is 0.0823. The summed E-state index contributed by atoms with van der Waals surface area (Å²) in [6, 6.07) is 7.29. The summed E-state index contributed by atoms with van der Waals surface area (Å²) in [5.41, 5.74) is 1.35. The van der Waals surface area contributed by atoms with Crippen LogP contribution in [-0.2, 0) is 14.6 Å². The zero-order chi connectivity index (χ0) is 23.1. The average molecular weight is 461 g/mol. The Kier molecular flexibility index (Phi) is 7.68. The number of aromatic nitrogens is 1. The molecule has 3 rings (SSSR count). The van der Waals surface area contributed by atoms with Gasteiger partial charge in [0.05, 0.1) is 16.7 Å². The summed E-state index contributed by atoms with van der Waals surface area (Å²) in [4.78, 5) is 28.8. The number of hydrogen-bond donors (Lipinski definition) is 3. The quantitative estimate of drug-likeness (QED) is 0.597. The van der Waals surface area contributed by atoms with Crippen LogP contribution in [-0.4, -0.2) is 56.8 Å². The van der Waals surface area contributed by atoms with Crippen LogP contribution in [0, 0.1) is 0 Å². The summed E-state index contributed by atoms with van der Waals surface area (Å²) in [5.74, 6) is 0.125. The van der Waals surface area contributed by atoms with Crippen molar-refractivity contribution in [2.75, 3.05) is 19.4 Å². The first-order valence-corrected chi connectivity index (χ1v) is 12.1. The van der Waals surface area contributed by atoms with E-state index in [-0.39, 0.29) is 29.2 Å². The fourth-order valence-corrected chi connectivity index (χ4v) is 4.77. The lowest BCUT2D eigenvalue weighted by Crippen LogP contribution is -2.52. The highest BCUT2D eigenvalue weighted by atomic mass is 32.2. The summed E-state index contributed by atoms with van der Waals surface area (Å²) < 4.78 is 31.6. The molecule has 172 valence electrons. The Hall–Kier alpha value is -3.14. The molecule has 1 aliphatic rings. The topological polar surface area (TPSA) is 126 Å². The zero-order valence-electron chi connectivity index (χ0n) is 18.1. The maximum atomic E-state index is 12.9. The van der Waals surface area contributed by atoms with Crippen molar-refractivity contribution in [3.63, 3.8) is 0 Å². The van der Waals surface area contributed by atoms with Crippen LogP contribution in [0.25, 0.3) is 11.1 Å². The fourth-order valence-electron chi connectivity index (χ4n) is 3.42. The van der Waals surface area contributed by atoms with Crippen molar-refractivity contribution in [1.82, 2.24) is 20.9 Å². The van der Waals surface area contributed by atoms with Gasteiger partial charge in [0.15, 0.2) is 9.84 Å². The van der Waals surface area contributed by atoms with Gasteiger partial charge < -0.3 is 20.7 Å². The van der Waals surface area contributed by atoms with Gasteiger partial charge in [-0.1, -0.05) is 18.2 Å². The Morgan fingerprint density at radius 3 is 2.78 bits per heavy atom. The smallest absolute Gasteiger partial charge is 0.315 e. The second-order valence-electron chi connectivity index (χ2n) is 7.72. The summed E-state index contributed by atoms with van der Waals surface area (Å²) >= 11 is 0. The minimum atomic E-state index is -3.56. The van der Waals surface area contributed by atoms with Crippen LogP contribution in [0.5, 0.6) is 5.75 Å². The summed E-state index contributed by atoms with van der Waals surface area (Å²) in [6.45, 7) is 2.01. The number of para-hydroxylation sites is 1.